The van der Waals surface area contributed by atoms with Crippen LogP contribution in [0.25, 0.3) is 0 Å². The van der Waals surface area contributed by atoms with Crippen LogP contribution in [0.15, 0.2) is 70.0 Å². The molecule has 0 fully saturated rings. The van der Waals surface area contributed by atoms with Gasteiger partial charge < -0.3 is 19.0 Å². The Labute approximate surface area is 151 Å². The lowest BCUT2D eigenvalue weighted by atomic mass is 10.1. The van der Waals surface area contributed by atoms with Crippen molar-refractivity contribution in [2.75, 3.05) is 13.7 Å². The first-order valence-electron chi connectivity index (χ1n) is 8.31. The minimum Gasteiger partial charge on any atom is -0.497 e. The van der Waals surface area contributed by atoms with Gasteiger partial charge in [-0.1, -0.05) is 18.2 Å². The standard InChI is InChI=1S/C20H20N2O4/c1-25-16-7-5-15(6-8-16)11-12-21-20(24)18-10-9-17(26-18)14-22-13-3-2-4-19(22)23/h2-10,13H,11-12,14H2,1H3,(H,21,24). The Balaban J connectivity index is 1.53. The zero-order valence-electron chi connectivity index (χ0n) is 14.5. The quantitative estimate of drug-likeness (QED) is 0.709. The maximum atomic E-state index is 12.2. The van der Waals surface area contributed by atoms with Crippen LogP contribution in [-0.4, -0.2) is 24.1 Å². The summed E-state index contributed by atoms with van der Waals surface area (Å²) in [6.45, 7) is 0.790. The number of benzene rings is 1. The van der Waals surface area contributed by atoms with Crippen LogP contribution in [0.4, 0.5) is 0 Å². The van der Waals surface area contributed by atoms with E-state index in [2.05, 4.69) is 5.32 Å². The summed E-state index contributed by atoms with van der Waals surface area (Å²) >= 11 is 0. The summed E-state index contributed by atoms with van der Waals surface area (Å²) in [7, 11) is 1.63. The molecule has 6 heteroatoms. The highest BCUT2D eigenvalue weighted by molar-refractivity contribution is 5.91. The van der Waals surface area contributed by atoms with E-state index in [-0.39, 0.29) is 17.2 Å². The number of furan rings is 1. The highest BCUT2D eigenvalue weighted by Gasteiger charge is 2.11. The smallest absolute Gasteiger partial charge is 0.287 e. The van der Waals surface area contributed by atoms with Gasteiger partial charge in [-0.25, -0.2) is 0 Å². The van der Waals surface area contributed by atoms with Gasteiger partial charge >= 0.3 is 0 Å². The average Bonchev–Trinajstić information content (AvgIpc) is 3.13. The highest BCUT2D eigenvalue weighted by Crippen LogP contribution is 2.12. The molecule has 0 aliphatic carbocycles. The summed E-state index contributed by atoms with van der Waals surface area (Å²) in [6.07, 6.45) is 2.39. The Morgan fingerprint density at radius 1 is 1.12 bits per heavy atom. The van der Waals surface area contributed by atoms with E-state index >= 15 is 0 Å². The van der Waals surface area contributed by atoms with Crippen LogP contribution in [0.5, 0.6) is 5.75 Å². The lowest BCUT2D eigenvalue weighted by molar-refractivity contribution is 0.0924. The summed E-state index contributed by atoms with van der Waals surface area (Å²) in [6, 6.07) is 16.0. The average molecular weight is 352 g/mol. The molecule has 0 unspecified atom stereocenters. The number of carbonyl (C=O) groups excluding carboxylic acids is 1. The van der Waals surface area contributed by atoms with Crippen molar-refractivity contribution in [2.24, 2.45) is 0 Å². The van der Waals surface area contributed by atoms with Gasteiger partial charge in [0, 0.05) is 18.8 Å². The van der Waals surface area contributed by atoms with E-state index in [9.17, 15) is 9.59 Å². The number of pyridine rings is 1. The monoisotopic (exact) mass is 352 g/mol. The first-order valence-corrected chi connectivity index (χ1v) is 8.31. The Morgan fingerprint density at radius 2 is 1.92 bits per heavy atom. The lowest BCUT2D eigenvalue weighted by Crippen LogP contribution is -2.25. The van der Waals surface area contributed by atoms with Gasteiger partial charge in [0.25, 0.3) is 11.5 Å². The Bertz CT molecular complexity index is 925. The van der Waals surface area contributed by atoms with Crippen LogP contribution in [0.3, 0.4) is 0 Å². The predicted molar refractivity (Wildman–Crippen MR) is 97.5 cm³/mol. The highest BCUT2D eigenvalue weighted by atomic mass is 16.5. The number of rotatable bonds is 7. The van der Waals surface area contributed by atoms with E-state index < -0.39 is 0 Å². The molecule has 1 amide bonds. The molecular formula is C20H20N2O4. The molecule has 0 atom stereocenters. The molecule has 0 saturated carbocycles. The molecular weight excluding hydrogens is 332 g/mol. The fraction of sp³-hybridized carbons (Fsp3) is 0.200. The van der Waals surface area contributed by atoms with Crippen LogP contribution in [-0.2, 0) is 13.0 Å². The van der Waals surface area contributed by atoms with Crippen molar-refractivity contribution in [1.29, 1.82) is 0 Å². The Kier molecular flexibility index (Phi) is 5.53. The number of hydrogen-bond acceptors (Lipinski definition) is 4. The summed E-state index contributed by atoms with van der Waals surface area (Å²) in [5.74, 6) is 1.32. The second-order valence-electron chi connectivity index (χ2n) is 5.79. The minimum absolute atomic E-state index is 0.116. The van der Waals surface area contributed by atoms with Crippen LogP contribution >= 0.6 is 0 Å². The molecule has 2 aromatic heterocycles. The van der Waals surface area contributed by atoms with E-state index in [0.717, 1.165) is 11.3 Å². The molecule has 1 N–H and O–H groups in total. The fourth-order valence-corrected chi connectivity index (χ4v) is 2.54. The number of methoxy groups -OCH3 is 1. The second kappa shape index (κ2) is 8.20. The van der Waals surface area contributed by atoms with Gasteiger partial charge in [0.2, 0.25) is 0 Å². The van der Waals surface area contributed by atoms with Crippen molar-refractivity contribution in [1.82, 2.24) is 9.88 Å². The predicted octanol–water partition coefficient (Wildman–Crippen LogP) is 2.47. The number of hydrogen-bond donors (Lipinski definition) is 1. The second-order valence-corrected chi connectivity index (χ2v) is 5.79. The van der Waals surface area contributed by atoms with Gasteiger partial charge in [0.05, 0.1) is 13.7 Å². The SMILES string of the molecule is COc1ccc(CCNC(=O)c2ccc(Cn3ccccc3=O)o2)cc1. The first-order chi connectivity index (χ1) is 12.7. The normalized spacial score (nSPS) is 10.5. The molecule has 6 nitrogen and oxygen atoms in total. The van der Waals surface area contributed by atoms with Crippen LogP contribution < -0.4 is 15.6 Å². The number of nitrogens with zero attached hydrogens (tertiary/aromatic N) is 1. The van der Waals surface area contributed by atoms with Gasteiger partial charge in [-0.2, -0.15) is 0 Å². The van der Waals surface area contributed by atoms with Gasteiger partial charge in [-0.15, -0.1) is 0 Å². The van der Waals surface area contributed by atoms with Gasteiger partial charge in [0.1, 0.15) is 11.5 Å². The number of ether oxygens (including phenoxy) is 1. The third-order valence-electron chi connectivity index (χ3n) is 3.97. The summed E-state index contributed by atoms with van der Waals surface area (Å²) in [4.78, 5) is 23.9. The number of nitrogens with one attached hydrogen (secondary N) is 1. The number of carbonyl (C=O) groups is 1. The van der Waals surface area contributed by atoms with Crippen LogP contribution in [0, 0.1) is 0 Å². The molecule has 3 rings (SSSR count). The van der Waals surface area contributed by atoms with E-state index in [1.165, 1.54) is 10.6 Å². The topological polar surface area (TPSA) is 73.5 Å². The molecule has 0 aliphatic rings. The molecule has 1 aromatic carbocycles. The van der Waals surface area contributed by atoms with Gasteiger partial charge in [0.15, 0.2) is 5.76 Å². The molecule has 0 bridgehead atoms. The van der Waals surface area contributed by atoms with E-state index in [0.29, 0.717) is 25.3 Å². The first kappa shape index (κ1) is 17.5. The molecule has 0 saturated heterocycles. The Hall–Kier alpha value is -3.28. The Morgan fingerprint density at radius 3 is 2.65 bits per heavy atom. The van der Waals surface area contributed by atoms with Crippen LogP contribution in [0.1, 0.15) is 21.9 Å². The van der Waals surface area contributed by atoms with Crippen molar-refractivity contribution in [3.63, 3.8) is 0 Å². The third-order valence-corrected chi connectivity index (χ3v) is 3.97. The summed E-state index contributed by atoms with van der Waals surface area (Å²) < 4.78 is 12.2. The lowest BCUT2D eigenvalue weighted by Gasteiger charge is -2.05. The zero-order valence-corrected chi connectivity index (χ0v) is 14.5. The molecule has 0 aliphatic heterocycles. The van der Waals surface area contributed by atoms with Gasteiger partial charge in [-0.05, 0) is 42.3 Å². The van der Waals surface area contributed by atoms with E-state index in [4.69, 9.17) is 9.15 Å². The summed E-state index contributed by atoms with van der Waals surface area (Å²) in [5, 5.41) is 2.83. The fourth-order valence-electron chi connectivity index (χ4n) is 2.54. The summed E-state index contributed by atoms with van der Waals surface area (Å²) in [5.41, 5.74) is 0.990. The maximum absolute atomic E-state index is 12.2. The zero-order chi connectivity index (χ0) is 18.4. The molecule has 3 aromatic rings. The van der Waals surface area contributed by atoms with Crippen molar-refractivity contribution in [3.05, 3.63) is 88.2 Å². The van der Waals surface area contributed by atoms with Crippen molar-refractivity contribution >= 4 is 5.91 Å². The van der Waals surface area contributed by atoms with E-state index in [1.807, 2.05) is 24.3 Å². The molecule has 2 heterocycles. The van der Waals surface area contributed by atoms with Gasteiger partial charge in [-0.3, -0.25) is 9.59 Å². The van der Waals surface area contributed by atoms with Crippen molar-refractivity contribution in [2.45, 2.75) is 13.0 Å². The third kappa shape index (κ3) is 4.42. The largest absolute Gasteiger partial charge is 0.497 e. The van der Waals surface area contributed by atoms with Crippen LogP contribution in [0.2, 0.25) is 0 Å². The van der Waals surface area contributed by atoms with Crippen molar-refractivity contribution in [3.8, 4) is 5.75 Å². The maximum Gasteiger partial charge on any atom is 0.287 e. The molecule has 26 heavy (non-hydrogen) atoms. The number of aromatic nitrogens is 1. The van der Waals surface area contributed by atoms with E-state index in [1.54, 1.807) is 37.6 Å². The molecule has 0 spiro atoms. The minimum atomic E-state index is -0.273. The molecule has 134 valence electrons. The molecule has 0 radical (unpaired) electrons. The number of amides is 1. The van der Waals surface area contributed by atoms with Crippen molar-refractivity contribution < 1.29 is 13.9 Å².